The minimum absolute atomic E-state index is 0.876. The molecule has 78 valence electrons. The van der Waals surface area contributed by atoms with Gasteiger partial charge in [-0.05, 0) is 51.9 Å². The van der Waals surface area contributed by atoms with Crippen molar-refractivity contribution in [1.82, 2.24) is 10.2 Å². The number of hydrogen-bond donors (Lipinski definition) is 1. The molecule has 0 radical (unpaired) electrons. The van der Waals surface area contributed by atoms with Gasteiger partial charge in [0.2, 0.25) is 0 Å². The Morgan fingerprint density at radius 2 is 2.00 bits per heavy atom. The van der Waals surface area contributed by atoms with Gasteiger partial charge in [0.1, 0.15) is 0 Å². The fourth-order valence-corrected chi connectivity index (χ4v) is 1.64. The predicted molar refractivity (Wildman–Crippen MR) is 58.0 cm³/mol. The summed E-state index contributed by atoms with van der Waals surface area (Å²) in [6, 6.07) is 0.876. The Morgan fingerprint density at radius 3 is 2.54 bits per heavy atom. The van der Waals surface area contributed by atoms with E-state index >= 15 is 0 Å². The van der Waals surface area contributed by atoms with Crippen LogP contribution >= 0.6 is 0 Å². The largest absolute Gasteiger partial charge is 0.314 e. The van der Waals surface area contributed by atoms with Crippen molar-refractivity contribution < 1.29 is 0 Å². The van der Waals surface area contributed by atoms with Crippen molar-refractivity contribution >= 4 is 0 Å². The molecule has 0 heterocycles. The lowest BCUT2D eigenvalue weighted by molar-refractivity contribution is 0.283. The molecule has 1 aliphatic rings. The zero-order chi connectivity index (χ0) is 9.52. The average Bonchev–Trinajstić information content (AvgIpc) is 2.94. The summed E-state index contributed by atoms with van der Waals surface area (Å²) in [6.45, 7) is 9.46. The second-order valence-corrected chi connectivity index (χ2v) is 4.02. The van der Waals surface area contributed by atoms with Crippen LogP contribution in [-0.2, 0) is 0 Å². The van der Waals surface area contributed by atoms with Gasteiger partial charge in [-0.3, -0.25) is 0 Å². The van der Waals surface area contributed by atoms with E-state index in [4.69, 9.17) is 0 Å². The van der Waals surface area contributed by atoms with Crippen molar-refractivity contribution in [2.24, 2.45) is 0 Å². The van der Waals surface area contributed by atoms with Gasteiger partial charge >= 0.3 is 0 Å². The maximum Gasteiger partial charge on any atom is 0.00682 e. The van der Waals surface area contributed by atoms with Gasteiger partial charge < -0.3 is 10.2 Å². The molecule has 0 bridgehead atoms. The van der Waals surface area contributed by atoms with E-state index in [-0.39, 0.29) is 0 Å². The third-order valence-corrected chi connectivity index (χ3v) is 2.65. The van der Waals surface area contributed by atoms with E-state index in [0.717, 1.165) is 6.04 Å². The minimum Gasteiger partial charge on any atom is -0.314 e. The van der Waals surface area contributed by atoms with Crippen LogP contribution in [0.1, 0.15) is 39.5 Å². The zero-order valence-electron chi connectivity index (χ0n) is 9.18. The van der Waals surface area contributed by atoms with Crippen molar-refractivity contribution in [3.63, 3.8) is 0 Å². The van der Waals surface area contributed by atoms with E-state index in [1.54, 1.807) is 0 Å². The van der Waals surface area contributed by atoms with Crippen LogP contribution in [0, 0.1) is 0 Å². The predicted octanol–water partition coefficient (Wildman–Crippen LogP) is 1.86. The monoisotopic (exact) mass is 184 g/mol. The molecule has 2 nitrogen and oxygen atoms in total. The molecule has 0 unspecified atom stereocenters. The Hall–Kier alpha value is -0.0800. The van der Waals surface area contributed by atoms with Gasteiger partial charge in [-0.25, -0.2) is 0 Å². The molecular weight excluding hydrogens is 160 g/mol. The lowest BCUT2D eigenvalue weighted by Gasteiger charge is -2.19. The van der Waals surface area contributed by atoms with Gasteiger partial charge in [0, 0.05) is 6.04 Å². The molecule has 1 saturated carbocycles. The molecule has 1 N–H and O–H groups in total. The first kappa shape index (κ1) is 11.0. The first-order valence-electron chi connectivity index (χ1n) is 5.82. The number of nitrogens with zero attached hydrogens (tertiary/aromatic N) is 1. The number of nitrogens with one attached hydrogen (secondary N) is 1. The van der Waals surface area contributed by atoms with E-state index in [1.165, 1.54) is 51.9 Å². The minimum atomic E-state index is 0.876. The highest BCUT2D eigenvalue weighted by molar-refractivity contribution is 4.80. The summed E-state index contributed by atoms with van der Waals surface area (Å²) in [4.78, 5) is 2.54. The maximum absolute atomic E-state index is 3.55. The SMILES string of the molecule is CCCN(CC)CCCNC1CC1. The van der Waals surface area contributed by atoms with Crippen molar-refractivity contribution in [2.45, 2.75) is 45.6 Å². The molecule has 0 spiro atoms. The summed E-state index contributed by atoms with van der Waals surface area (Å²) in [5, 5.41) is 3.55. The fraction of sp³-hybridized carbons (Fsp3) is 1.00. The molecule has 0 aromatic heterocycles. The highest BCUT2D eigenvalue weighted by Crippen LogP contribution is 2.18. The van der Waals surface area contributed by atoms with Gasteiger partial charge in [-0.1, -0.05) is 13.8 Å². The highest BCUT2D eigenvalue weighted by Gasteiger charge is 2.19. The summed E-state index contributed by atoms with van der Waals surface area (Å²) < 4.78 is 0. The lowest BCUT2D eigenvalue weighted by Crippen LogP contribution is -2.28. The molecule has 0 saturated heterocycles. The zero-order valence-corrected chi connectivity index (χ0v) is 9.18. The van der Waals surface area contributed by atoms with Crippen molar-refractivity contribution in [3.8, 4) is 0 Å². The summed E-state index contributed by atoms with van der Waals surface area (Å²) in [5.41, 5.74) is 0. The lowest BCUT2D eigenvalue weighted by atomic mass is 10.3. The third kappa shape index (κ3) is 5.27. The van der Waals surface area contributed by atoms with Crippen LogP contribution in [0.25, 0.3) is 0 Å². The van der Waals surface area contributed by atoms with Crippen LogP contribution in [0.15, 0.2) is 0 Å². The van der Waals surface area contributed by atoms with Gasteiger partial charge in [0.25, 0.3) is 0 Å². The van der Waals surface area contributed by atoms with Crippen LogP contribution in [0.4, 0.5) is 0 Å². The smallest absolute Gasteiger partial charge is 0.00682 e. The molecule has 1 fully saturated rings. The normalized spacial score (nSPS) is 16.8. The van der Waals surface area contributed by atoms with Crippen molar-refractivity contribution in [3.05, 3.63) is 0 Å². The van der Waals surface area contributed by atoms with Crippen LogP contribution in [0.5, 0.6) is 0 Å². The molecule has 0 aromatic carbocycles. The second-order valence-electron chi connectivity index (χ2n) is 4.02. The number of hydrogen-bond acceptors (Lipinski definition) is 2. The average molecular weight is 184 g/mol. The maximum atomic E-state index is 3.55. The molecule has 0 aromatic rings. The Morgan fingerprint density at radius 1 is 1.23 bits per heavy atom. The van der Waals surface area contributed by atoms with Crippen LogP contribution < -0.4 is 5.32 Å². The summed E-state index contributed by atoms with van der Waals surface area (Å²) in [5.74, 6) is 0. The quantitative estimate of drug-likeness (QED) is 0.579. The van der Waals surface area contributed by atoms with E-state index in [1.807, 2.05) is 0 Å². The standard InChI is InChI=1S/C11H24N2/c1-3-9-13(4-2)10-5-8-12-11-6-7-11/h11-12H,3-10H2,1-2H3. The van der Waals surface area contributed by atoms with Gasteiger partial charge in [0.15, 0.2) is 0 Å². The van der Waals surface area contributed by atoms with Gasteiger partial charge in [-0.2, -0.15) is 0 Å². The fourth-order valence-electron chi connectivity index (χ4n) is 1.64. The Labute approximate surface area is 82.7 Å². The van der Waals surface area contributed by atoms with E-state index in [9.17, 15) is 0 Å². The van der Waals surface area contributed by atoms with Crippen molar-refractivity contribution in [1.29, 1.82) is 0 Å². The van der Waals surface area contributed by atoms with Crippen LogP contribution in [0.2, 0.25) is 0 Å². The topological polar surface area (TPSA) is 15.3 Å². The first-order chi connectivity index (χ1) is 6.36. The first-order valence-corrected chi connectivity index (χ1v) is 5.82. The summed E-state index contributed by atoms with van der Waals surface area (Å²) >= 11 is 0. The third-order valence-electron chi connectivity index (χ3n) is 2.65. The Kier molecular flexibility index (Phi) is 5.40. The Bertz CT molecular complexity index is 121. The molecule has 0 amide bonds. The molecular formula is C11H24N2. The molecule has 1 aliphatic carbocycles. The second kappa shape index (κ2) is 6.39. The Balaban J connectivity index is 1.88. The molecule has 1 rings (SSSR count). The summed E-state index contributed by atoms with van der Waals surface area (Å²) in [7, 11) is 0. The number of rotatable bonds is 8. The molecule has 13 heavy (non-hydrogen) atoms. The van der Waals surface area contributed by atoms with E-state index < -0.39 is 0 Å². The molecule has 2 heteroatoms. The van der Waals surface area contributed by atoms with Crippen LogP contribution in [0.3, 0.4) is 0 Å². The van der Waals surface area contributed by atoms with Crippen molar-refractivity contribution in [2.75, 3.05) is 26.2 Å². The van der Waals surface area contributed by atoms with Crippen LogP contribution in [-0.4, -0.2) is 37.1 Å². The molecule has 0 atom stereocenters. The molecule has 0 aliphatic heterocycles. The summed E-state index contributed by atoms with van der Waals surface area (Å²) in [6.07, 6.45) is 5.41. The van der Waals surface area contributed by atoms with E-state index in [2.05, 4.69) is 24.1 Å². The van der Waals surface area contributed by atoms with E-state index in [0.29, 0.717) is 0 Å². The van der Waals surface area contributed by atoms with Gasteiger partial charge in [0.05, 0.1) is 0 Å². The highest BCUT2D eigenvalue weighted by atomic mass is 15.1. The van der Waals surface area contributed by atoms with Gasteiger partial charge in [-0.15, -0.1) is 0 Å².